The standard InChI is InChI=1S/C29H30N4O4/c1-31(2)19-6-9-22-25(16-19)37-26-17-20(32(3)4)7-10-23(26)27(22)24-15-18(5-8-21(24)29(35)36)28(34)33-13-11-30-12-14-33/h5-10,15-17,30H,11-14H2,1-4H3/p+1. The fourth-order valence-electron chi connectivity index (χ4n) is 4.84. The highest BCUT2D eigenvalue weighted by molar-refractivity contribution is 6.09. The predicted octanol–water partition coefficient (Wildman–Crippen LogP) is 3.05. The summed E-state index contributed by atoms with van der Waals surface area (Å²) < 4.78 is 8.37. The van der Waals surface area contributed by atoms with E-state index in [0.29, 0.717) is 35.6 Å². The molecular weight excluding hydrogens is 468 g/mol. The molecule has 0 unspecified atom stereocenters. The maximum atomic E-state index is 13.4. The molecule has 190 valence electrons. The maximum Gasteiger partial charge on any atom is 0.336 e. The van der Waals surface area contributed by atoms with Crippen molar-refractivity contribution in [3.63, 3.8) is 0 Å². The van der Waals surface area contributed by atoms with Gasteiger partial charge in [0, 0.05) is 80.2 Å². The van der Waals surface area contributed by atoms with E-state index in [4.69, 9.17) is 4.42 Å². The van der Waals surface area contributed by atoms with E-state index in [2.05, 4.69) is 5.32 Å². The van der Waals surface area contributed by atoms with Crippen molar-refractivity contribution in [2.24, 2.45) is 0 Å². The average molecular weight is 500 g/mol. The number of rotatable bonds is 4. The van der Waals surface area contributed by atoms with Crippen LogP contribution in [0.15, 0.2) is 59.0 Å². The van der Waals surface area contributed by atoms with Crippen LogP contribution in [0.4, 0.5) is 5.69 Å². The van der Waals surface area contributed by atoms with Crippen molar-refractivity contribution in [2.75, 3.05) is 59.3 Å². The summed E-state index contributed by atoms with van der Waals surface area (Å²) in [5.41, 5.74) is 4.22. The van der Waals surface area contributed by atoms with E-state index in [-0.39, 0.29) is 11.5 Å². The van der Waals surface area contributed by atoms with Gasteiger partial charge in [0.1, 0.15) is 25.4 Å². The Labute approximate surface area is 215 Å². The third-order valence-electron chi connectivity index (χ3n) is 6.89. The zero-order valence-corrected chi connectivity index (χ0v) is 21.5. The number of carbonyl (C=O) groups is 2. The molecule has 37 heavy (non-hydrogen) atoms. The number of benzene rings is 3. The van der Waals surface area contributed by atoms with E-state index in [1.807, 2.05) is 74.1 Å². The van der Waals surface area contributed by atoms with Crippen molar-refractivity contribution >= 4 is 28.5 Å². The first-order valence-corrected chi connectivity index (χ1v) is 12.3. The van der Waals surface area contributed by atoms with Crippen LogP contribution < -0.4 is 20.1 Å². The normalized spacial score (nSPS) is 13.7. The van der Waals surface area contributed by atoms with Crippen molar-refractivity contribution < 1.29 is 19.1 Å². The van der Waals surface area contributed by atoms with Crippen LogP contribution in [0.3, 0.4) is 0 Å². The van der Waals surface area contributed by atoms with E-state index in [1.54, 1.807) is 17.0 Å². The molecule has 2 aromatic carbocycles. The van der Waals surface area contributed by atoms with Crippen molar-refractivity contribution in [3.05, 3.63) is 71.1 Å². The number of fused-ring (bicyclic) bond motifs is 2. The van der Waals surface area contributed by atoms with Gasteiger partial charge < -0.3 is 24.6 Å². The smallest absolute Gasteiger partial charge is 0.336 e. The first-order valence-electron chi connectivity index (χ1n) is 12.3. The SMILES string of the molecule is CN(C)c1ccc2c(-c3cc(C(=O)N4CCNCC4)ccc3C(=O)O)c3ccc(=[N+](C)C)cc-3oc2c1. The Morgan fingerprint density at radius 2 is 1.73 bits per heavy atom. The second-order valence-corrected chi connectivity index (χ2v) is 9.73. The monoisotopic (exact) mass is 499 g/mol. The number of nitrogens with zero attached hydrogens (tertiary/aromatic N) is 3. The van der Waals surface area contributed by atoms with Gasteiger partial charge in [0.05, 0.1) is 11.6 Å². The van der Waals surface area contributed by atoms with Crippen LogP contribution in [-0.4, -0.2) is 76.3 Å². The number of carboxylic acid groups (broad SMARTS) is 1. The van der Waals surface area contributed by atoms with E-state index < -0.39 is 5.97 Å². The van der Waals surface area contributed by atoms with Crippen molar-refractivity contribution in [2.45, 2.75) is 0 Å². The highest BCUT2D eigenvalue weighted by Gasteiger charge is 2.25. The molecule has 1 saturated heterocycles. The third-order valence-corrected chi connectivity index (χ3v) is 6.89. The lowest BCUT2D eigenvalue weighted by atomic mass is 9.89. The van der Waals surface area contributed by atoms with Gasteiger partial charge in [0.25, 0.3) is 5.91 Å². The fraction of sp³-hybridized carbons (Fsp3) is 0.276. The molecule has 0 saturated carbocycles. The Bertz CT molecular complexity index is 1560. The largest absolute Gasteiger partial charge is 0.478 e. The lowest BCUT2D eigenvalue weighted by Gasteiger charge is -2.27. The van der Waals surface area contributed by atoms with Crippen molar-refractivity contribution in [3.8, 4) is 22.5 Å². The lowest BCUT2D eigenvalue weighted by molar-refractivity contribution is 0.0693. The summed E-state index contributed by atoms with van der Waals surface area (Å²) in [6.45, 7) is 2.71. The molecule has 0 atom stereocenters. The Morgan fingerprint density at radius 1 is 0.973 bits per heavy atom. The summed E-state index contributed by atoms with van der Waals surface area (Å²) in [5, 5.41) is 15.1. The van der Waals surface area contributed by atoms with Crippen molar-refractivity contribution in [1.82, 2.24) is 14.8 Å². The molecule has 1 aliphatic carbocycles. The number of carboxylic acids is 1. The fourth-order valence-corrected chi connectivity index (χ4v) is 4.84. The Hall–Kier alpha value is -4.17. The molecule has 5 rings (SSSR count). The summed E-state index contributed by atoms with van der Waals surface area (Å²) in [4.78, 5) is 29.5. The van der Waals surface area contributed by atoms with Gasteiger partial charge in [-0.15, -0.1) is 0 Å². The molecule has 0 bridgehead atoms. The molecule has 1 amide bonds. The van der Waals surface area contributed by atoms with Crippen molar-refractivity contribution in [1.29, 1.82) is 0 Å². The Morgan fingerprint density at radius 3 is 2.41 bits per heavy atom. The summed E-state index contributed by atoms with van der Waals surface area (Å²) >= 11 is 0. The first kappa shape index (κ1) is 24.5. The zero-order chi connectivity index (χ0) is 26.3. The van der Waals surface area contributed by atoms with Crippen LogP contribution in [0.1, 0.15) is 20.7 Å². The topological polar surface area (TPSA) is 89.0 Å². The molecule has 0 aromatic heterocycles. The molecule has 2 heterocycles. The predicted molar refractivity (Wildman–Crippen MR) is 145 cm³/mol. The Balaban J connectivity index is 1.82. The zero-order valence-electron chi connectivity index (χ0n) is 21.5. The number of hydrogen-bond acceptors (Lipinski definition) is 5. The van der Waals surface area contributed by atoms with Gasteiger partial charge in [-0.2, -0.15) is 0 Å². The number of anilines is 1. The van der Waals surface area contributed by atoms with Crippen LogP contribution in [0.2, 0.25) is 0 Å². The van der Waals surface area contributed by atoms with Gasteiger partial charge in [0.2, 0.25) is 5.36 Å². The number of amides is 1. The van der Waals surface area contributed by atoms with Gasteiger partial charge in [-0.3, -0.25) is 4.79 Å². The molecule has 8 heteroatoms. The molecule has 2 aliphatic heterocycles. The van der Waals surface area contributed by atoms with Crippen LogP contribution in [0.25, 0.3) is 33.4 Å². The highest BCUT2D eigenvalue weighted by Crippen LogP contribution is 2.42. The van der Waals surface area contributed by atoms with Gasteiger partial charge in [-0.1, -0.05) is 0 Å². The van der Waals surface area contributed by atoms with Gasteiger partial charge in [-0.05, 0) is 42.0 Å². The number of hydrogen-bond donors (Lipinski definition) is 2. The maximum absolute atomic E-state index is 13.4. The number of aromatic carboxylic acids is 1. The number of nitrogens with one attached hydrogen (secondary N) is 1. The minimum Gasteiger partial charge on any atom is -0.478 e. The highest BCUT2D eigenvalue weighted by atomic mass is 16.4. The Kier molecular flexibility index (Phi) is 6.43. The summed E-state index contributed by atoms with van der Waals surface area (Å²) in [5.74, 6) is -0.508. The first-order chi connectivity index (χ1) is 17.7. The van der Waals surface area contributed by atoms with E-state index in [9.17, 15) is 14.7 Å². The molecule has 2 N–H and O–H groups in total. The van der Waals surface area contributed by atoms with Crippen LogP contribution in [-0.2, 0) is 0 Å². The minimum absolute atomic E-state index is 0.0984. The second kappa shape index (κ2) is 9.71. The number of piperazine rings is 1. The molecule has 0 radical (unpaired) electrons. The molecule has 3 aliphatic rings. The molecule has 1 fully saturated rings. The second-order valence-electron chi connectivity index (χ2n) is 9.73. The average Bonchev–Trinajstić information content (AvgIpc) is 2.90. The van der Waals surface area contributed by atoms with E-state index in [1.165, 1.54) is 6.07 Å². The quantitative estimate of drug-likeness (QED) is 0.332. The summed E-state index contributed by atoms with van der Waals surface area (Å²) in [6.07, 6.45) is 0. The molecule has 2 aromatic rings. The van der Waals surface area contributed by atoms with Gasteiger partial charge in [0.15, 0.2) is 0 Å². The van der Waals surface area contributed by atoms with Crippen LogP contribution >= 0.6 is 0 Å². The van der Waals surface area contributed by atoms with Crippen LogP contribution in [0, 0.1) is 0 Å². The minimum atomic E-state index is -1.05. The van der Waals surface area contributed by atoms with Crippen LogP contribution in [0.5, 0.6) is 0 Å². The third kappa shape index (κ3) is 4.56. The van der Waals surface area contributed by atoms with Gasteiger partial charge in [-0.25, -0.2) is 9.37 Å². The lowest BCUT2D eigenvalue weighted by Crippen LogP contribution is -2.46. The molecular formula is C29H31N4O4+. The van der Waals surface area contributed by atoms with E-state index >= 15 is 0 Å². The van der Waals surface area contributed by atoms with Gasteiger partial charge >= 0.3 is 5.97 Å². The summed E-state index contributed by atoms with van der Waals surface area (Å²) in [6, 6.07) is 16.7. The van der Waals surface area contributed by atoms with E-state index in [0.717, 1.165) is 40.6 Å². The summed E-state index contributed by atoms with van der Waals surface area (Å²) in [7, 11) is 7.84. The molecule has 8 nitrogen and oxygen atoms in total. The molecule has 0 spiro atoms. The number of carbonyl (C=O) groups excluding carboxylic acids is 1.